The molecule has 1 aliphatic rings. The second kappa shape index (κ2) is 6.27. The van der Waals surface area contributed by atoms with E-state index in [0.29, 0.717) is 25.1 Å². The fraction of sp³-hybridized carbons (Fsp3) is 0.500. The van der Waals surface area contributed by atoms with E-state index in [-0.39, 0.29) is 17.5 Å². The van der Waals surface area contributed by atoms with Gasteiger partial charge in [0.05, 0.1) is 11.1 Å². The summed E-state index contributed by atoms with van der Waals surface area (Å²) in [5.74, 6) is 0. The number of nitrogens with zero attached hydrogens (tertiary/aromatic N) is 4. The van der Waals surface area contributed by atoms with Crippen LogP contribution in [0, 0.1) is 0 Å². The summed E-state index contributed by atoms with van der Waals surface area (Å²) in [6, 6.07) is 8.42. The van der Waals surface area contributed by atoms with Gasteiger partial charge in [-0.2, -0.15) is 4.31 Å². The Balaban J connectivity index is 1.88. The van der Waals surface area contributed by atoms with Gasteiger partial charge in [-0.25, -0.2) is 13.1 Å². The molecule has 1 saturated heterocycles. The quantitative estimate of drug-likeness (QED) is 0.903. The zero-order valence-electron chi connectivity index (χ0n) is 13.8. The number of sulfonamides is 1. The van der Waals surface area contributed by atoms with Gasteiger partial charge in [-0.05, 0) is 38.8 Å². The average Bonchev–Trinajstić information content (AvgIpc) is 3.07. The van der Waals surface area contributed by atoms with Gasteiger partial charge in [0.15, 0.2) is 0 Å². The van der Waals surface area contributed by atoms with Gasteiger partial charge in [-0.3, -0.25) is 0 Å². The van der Waals surface area contributed by atoms with Crippen LogP contribution >= 0.6 is 0 Å². The van der Waals surface area contributed by atoms with Crippen LogP contribution in [0.2, 0.25) is 0 Å². The van der Waals surface area contributed by atoms with Gasteiger partial charge in [0.2, 0.25) is 10.0 Å². The SMILES string of the molecule is CC(C)n1cc(C2(O)CCCN(S(=O)(=O)c3ccccc3)C2)nn1. The Kier molecular flexibility index (Phi) is 4.46. The lowest BCUT2D eigenvalue weighted by Gasteiger charge is -2.37. The highest BCUT2D eigenvalue weighted by atomic mass is 32.2. The van der Waals surface area contributed by atoms with Gasteiger partial charge in [-0.15, -0.1) is 5.10 Å². The average molecular weight is 350 g/mol. The first-order chi connectivity index (χ1) is 11.3. The minimum atomic E-state index is -3.63. The summed E-state index contributed by atoms with van der Waals surface area (Å²) in [4.78, 5) is 0.236. The summed E-state index contributed by atoms with van der Waals surface area (Å²) in [5.41, 5.74) is -0.892. The van der Waals surface area contributed by atoms with E-state index < -0.39 is 15.6 Å². The molecule has 1 atom stereocenters. The van der Waals surface area contributed by atoms with Crippen LogP contribution in [0.3, 0.4) is 0 Å². The van der Waals surface area contributed by atoms with Crippen molar-refractivity contribution in [3.05, 3.63) is 42.2 Å². The molecule has 130 valence electrons. The molecule has 1 aromatic carbocycles. The second-order valence-corrected chi connectivity index (χ2v) is 8.40. The normalized spacial score (nSPS) is 22.8. The molecule has 2 heterocycles. The molecule has 1 unspecified atom stereocenters. The number of hydrogen-bond acceptors (Lipinski definition) is 5. The Morgan fingerprint density at radius 2 is 1.96 bits per heavy atom. The van der Waals surface area contributed by atoms with E-state index in [1.165, 1.54) is 4.31 Å². The van der Waals surface area contributed by atoms with Gasteiger partial charge in [0, 0.05) is 19.1 Å². The van der Waals surface area contributed by atoms with Crippen molar-refractivity contribution in [3.8, 4) is 0 Å². The summed E-state index contributed by atoms with van der Waals surface area (Å²) in [6.45, 7) is 4.31. The zero-order chi connectivity index (χ0) is 17.4. The molecule has 0 amide bonds. The summed E-state index contributed by atoms with van der Waals surface area (Å²) < 4.78 is 28.6. The summed E-state index contributed by atoms with van der Waals surface area (Å²) in [6.07, 6.45) is 2.73. The fourth-order valence-corrected chi connectivity index (χ4v) is 4.45. The van der Waals surface area contributed by atoms with Gasteiger partial charge >= 0.3 is 0 Å². The smallest absolute Gasteiger partial charge is 0.243 e. The topological polar surface area (TPSA) is 88.3 Å². The van der Waals surface area contributed by atoms with Crippen molar-refractivity contribution in [3.63, 3.8) is 0 Å². The molecule has 0 saturated carbocycles. The molecule has 1 N–H and O–H groups in total. The van der Waals surface area contributed by atoms with E-state index in [1.807, 2.05) is 13.8 Å². The maximum Gasteiger partial charge on any atom is 0.243 e. The van der Waals surface area contributed by atoms with Crippen LogP contribution in [0.1, 0.15) is 38.4 Å². The Morgan fingerprint density at radius 3 is 2.58 bits per heavy atom. The molecule has 0 bridgehead atoms. The predicted octanol–water partition coefficient (Wildman–Crippen LogP) is 1.53. The van der Waals surface area contributed by atoms with E-state index in [4.69, 9.17) is 0 Å². The lowest BCUT2D eigenvalue weighted by molar-refractivity contribution is -0.0161. The van der Waals surface area contributed by atoms with Gasteiger partial charge < -0.3 is 5.11 Å². The van der Waals surface area contributed by atoms with Crippen molar-refractivity contribution in [2.45, 2.75) is 43.2 Å². The lowest BCUT2D eigenvalue weighted by atomic mass is 9.91. The Bertz CT molecular complexity index is 804. The molecule has 2 aromatic rings. The maximum atomic E-state index is 12.8. The molecule has 8 heteroatoms. The van der Waals surface area contributed by atoms with E-state index in [2.05, 4.69) is 10.3 Å². The number of rotatable bonds is 4. The van der Waals surface area contributed by atoms with E-state index >= 15 is 0 Å². The molecule has 3 rings (SSSR count). The third kappa shape index (κ3) is 3.09. The number of β-amino-alcohol motifs (C(OH)–C–C–N with tert-alkyl or cyclic N) is 1. The van der Waals surface area contributed by atoms with Crippen LogP contribution in [0.5, 0.6) is 0 Å². The van der Waals surface area contributed by atoms with Crippen LogP contribution in [0.15, 0.2) is 41.4 Å². The Labute approximate surface area is 142 Å². The standard InChI is InChI=1S/C16H22N4O3S/c1-13(2)20-11-15(17-18-20)16(21)9-6-10-19(12-16)24(22,23)14-7-4-3-5-8-14/h3-5,7-8,11,13,21H,6,9-10,12H2,1-2H3. The molecular weight excluding hydrogens is 328 g/mol. The highest BCUT2D eigenvalue weighted by molar-refractivity contribution is 7.89. The van der Waals surface area contributed by atoms with Crippen molar-refractivity contribution in [1.82, 2.24) is 19.3 Å². The first kappa shape index (κ1) is 17.1. The fourth-order valence-electron chi connectivity index (χ4n) is 2.90. The maximum absolute atomic E-state index is 12.8. The predicted molar refractivity (Wildman–Crippen MR) is 88.7 cm³/mol. The van der Waals surface area contributed by atoms with Crippen molar-refractivity contribution in [1.29, 1.82) is 0 Å². The van der Waals surface area contributed by atoms with Gasteiger partial charge in [-0.1, -0.05) is 23.4 Å². The molecule has 1 aliphatic heterocycles. The highest BCUT2D eigenvalue weighted by Crippen LogP contribution is 2.33. The van der Waals surface area contributed by atoms with Crippen molar-refractivity contribution >= 4 is 10.0 Å². The van der Waals surface area contributed by atoms with Crippen LogP contribution in [-0.2, 0) is 15.6 Å². The van der Waals surface area contributed by atoms with Crippen molar-refractivity contribution < 1.29 is 13.5 Å². The molecule has 1 aromatic heterocycles. The first-order valence-electron chi connectivity index (χ1n) is 8.03. The molecular formula is C16H22N4O3S. The molecule has 1 fully saturated rings. The number of piperidine rings is 1. The molecule has 0 spiro atoms. The molecule has 0 aliphatic carbocycles. The Hall–Kier alpha value is -1.77. The molecule has 24 heavy (non-hydrogen) atoms. The summed E-state index contributed by atoms with van der Waals surface area (Å²) >= 11 is 0. The summed E-state index contributed by atoms with van der Waals surface area (Å²) in [5, 5.41) is 19.1. The zero-order valence-corrected chi connectivity index (χ0v) is 14.6. The second-order valence-electron chi connectivity index (χ2n) is 6.46. The van der Waals surface area contributed by atoms with E-state index in [1.54, 1.807) is 41.2 Å². The van der Waals surface area contributed by atoms with Crippen LogP contribution in [0.25, 0.3) is 0 Å². The summed E-state index contributed by atoms with van der Waals surface area (Å²) in [7, 11) is -3.63. The van der Waals surface area contributed by atoms with E-state index in [9.17, 15) is 13.5 Å². The third-order valence-corrected chi connectivity index (χ3v) is 6.19. The number of aliphatic hydroxyl groups is 1. The van der Waals surface area contributed by atoms with E-state index in [0.717, 1.165) is 0 Å². The van der Waals surface area contributed by atoms with Crippen molar-refractivity contribution in [2.24, 2.45) is 0 Å². The minimum absolute atomic E-state index is 0.0129. The number of hydrogen-bond donors (Lipinski definition) is 1. The third-order valence-electron chi connectivity index (χ3n) is 4.33. The largest absolute Gasteiger partial charge is 0.382 e. The number of benzene rings is 1. The first-order valence-corrected chi connectivity index (χ1v) is 9.47. The highest BCUT2D eigenvalue weighted by Gasteiger charge is 2.41. The lowest BCUT2D eigenvalue weighted by Crippen LogP contribution is -2.48. The van der Waals surface area contributed by atoms with Crippen LogP contribution in [-0.4, -0.2) is 45.9 Å². The van der Waals surface area contributed by atoms with Crippen LogP contribution < -0.4 is 0 Å². The number of aromatic nitrogens is 3. The monoisotopic (exact) mass is 350 g/mol. The van der Waals surface area contributed by atoms with Crippen molar-refractivity contribution in [2.75, 3.05) is 13.1 Å². The minimum Gasteiger partial charge on any atom is -0.382 e. The molecule has 7 nitrogen and oxygen atoms in total. The van der Waals surface area contributed by atoms with Crippen LogP contribution in [0.4, 0.5) is 0 Å². The van der Waals surface area contributed by atoms with Gasteiger partial charge in [0.25, 0.3) is 0 Å². The molecule has 0 radical (unpaired) electrons. The van der Waals surface area contributed by atoms with Gasteiger partial charge in [0.1, 0.15) is 11.3 Å². The Morgan fingerprint density at radius 1 is 1.25 bits per heavy atom.